The fourth-order valence-corrected chi connectivity index (χ4v) is 3.32. The van der Waals surface area contributed by atoms with Gasteiger partial charge in [0.05, 0.1) is 9.95 Å². The van der Waals surface area contributed by atoms with Crippen molar-refractivity contribution in [2.45, 2.75) is 51.3 Å². The van der Waals surface area contributed by atoms with Gasteiger partial charge in [0.25, 0.3) is 11.6 Å². The van der Waals surface area contributed by atoms with E-state index in [-0.39, 0.29) is 29.4 Å². The maximum absolute atomic E-state index is 12.4. The summed E-state index contributed by atoms with van der Waals surface area (Å²) in [5.74, 6) is 0.122. The van der Waals surface area contributed by atoms with Crippen LogP contribution in [0.2, 0.25) is 5.02 Å². The van der Waals surface area contributed by atoms with Crippen LogP contribution in [-0.2, 0) is 6.73 Å². The van der Waals surface area contributed by atoms with Gasteiger partial charge < -0.3 is 10.1 Å². The first-order valence-electron chi connectivity index (χ1n) is 8.94. The monoisotopic (exact) mass is 392 g/mol. The van der Waals surface area contributed by atoms with Crippen LogP contribution >= 0.6 is 11.6 Å². The number of carbonyl (C=O) groups is 1. The molecule has 0 saturated heterocycles. The van der Waals surface area contributed by atoms with Crippen LogP contribution in [-0.4, -0.2) is 26.7 Å². The highest BCUT2D eigenvalue weighted by atomic mass is 35.5. The van der Waals surface area contributed by atoms with E-state index in [9.17, 15) is 14.9 Å². The van der Waals surface area contributed by atoms with E-state index >= 15 is 0 Å². The van der Waals surface area contributed by atoms with E-state index in [1.165, 1.54) is 35.7 Å². The molecular weight excluding hydrogens is 372 g/mol. The van der Waals surface area contributed by atoms with Crippen molar-refractivity contribution < 1.29 is 14.5 Å². The molecule has 1 aromatic heterocycles. The molecule has 0 bridgehead atoms. The van der Waals surface area contributed by atoms with E-state index in [1.807, 2.05) is 0 Å². The number of ether oxygens (including phenoxy) is 1. The molecule has 3 rings (SSSR count). The minimum Gasteiger partial charge on any atom is -0.470 e. The van der Waals surface area contributed by atoms with Crippen LogP contribution in [0.1, 0.15) is 49.0 Å². The third-order valence-corrected chi connectivity index (χ3v) is 4.84. The summed E-state index contributed by atoms with van der Waals surface area (Å²) in [7, 11) is 0. The number of hydrogen-bond donors (Lipinski definition) is 1. The second-order valence-corrected chi connectivity index (χ2v) is 6.95. The van der Waals surface area contributed by atoms with E-state index in [2.05, 4.69) is 10.4 Å². The first-order chi connectivity index (χ1) is 13.0. The molecule has 0 atom stereocenters. The van der Waals surface area contributed by atoms with Gasteiger partial charge in [-0.3, -0.25) is 14.9 Å². The SMILES string of the molecule is O=C(NC1CCCCCC1)c1ccn(COc2ccc([N+](=O)[O-])cc2Cl)n1. The van der Waals surface area contributed by atoms with Crippen molar-refractivity contribution >= 4 is 23.2 Å². The minimum absolute atomic E-state index is 0.0360. The Hall–Kier alpha value is -2.61. The van der Waals surface area contributed by atoms with Gasteiger partial charge in [0, 0.05) is 24.4 Å². The normalized spacial score (nSPS) is 15.1. The van der Waals surface area contributed by atoms with Crippen LogP contribution in [0.5, 0.6) is 5.75 Å². The number of aromatic nitrogens is 2. The summed E-state index contributed by atoms with van der Waals surface area (Å²) in [4.78, 5) is 22.6. The summed E-state index contributed by atoms with van der Waals surface area (Å²) in [6.07, 6.45) is 8.39. The van der Waals surface area contributed by atoms with Gasteiger partial charge in [-0.25, -0.2) is 4.68 Å². The van der Waals surface area contributed by atoms with Crippen molar-refractivity contribution in [2.24, 2.45) is 0 Å². The van der Waals surface area contributed by atoms with Crippen LogP contribution in [0.15, 0.2) is 30.5 Å². The van der Waals surface area contributed by atoms with Crippen LogP contribution < -0.4 is 10.1 Å². The quantitative estimate of drug-likeness (QED) is 0.456. The topological polar surface area (TPSA) is 99.3 Å². The van der Waals surface area contributed by atoms with Crippen molar-refractivity contribution in [2.75, 3.05) is 0 Å². The zero-order valence-electron chi connectivity index (χ0n) is 14.8. The van der Waals surface area contributed by atoms with Crippen molar-refractivity contribution in [3.05, 3.63) is 51.3 Å². The third kappa shape index (κ3) is 5.19. The van der Waals surface area contributed by atoms with Gasteiger partial charge in [-0.15, -0.1) is 0 Å². The fraction of sp³-hybridized carbons (Fsp3) is 0.444. The molecule has 0 spiro atoms. The largest absolute Gasteiger partial charge is 0.470 e. The third-order valence-electron chi connectivity index (χ3n) is 4.54. The van der Waals surface area contributed by atoms with E-state index < -0.39 is 4.92 Å². The van der Waals surface area contributed by atoms with Crippen LogP contribution in [0.3, 0.4) is 0 Å². The molecule has 1 fully saturated rings. The number of amides is 1. The molecule has 0 aliphatic heterocycles. The first kappa shape index (κ1) is 19.2. The summed E-state index contributed by atoms with van der Waals surface area (Å²) in [6.45, 7) is 0.0360. The van der Waals surface area contributed by atoms with Crippen LogP contribution in [0, 0.1) is 10.1 Å². The highest BCUT2D eigenvalue weighted by Crippen LogP contribution is 2.28. The predicted octanol–water partition coefficient (Wildman–Crippen LogP) is 3.93. The summed E-state index contributed by atoms with van der Waals surface area (Å²) >= 11 is 5.99. The number of halogens is 1. The Bertz CT molecular complexity index is 815. The lowest BCUT2D eigenvalue weighted by atomic mass is 10.1. The number of rotatable bonds is 6. The number of carbonyl (C=O) groups excluding carboxylic acids is 1. The number of nitrogens with one attached hydrogen (secondary N) is 1. The fourth-order valence-electron chi connectivity index (χ4n) is 3.09. The Morgan fingerprint density at radius 2 is 2.04 bits per heavy atom. The molecule has 2 aromatic rings. The van der Waals surface area contributed by atoms with Gasteiger partial charge >= 0.3 is 0 Å². The molecule has 1 amide bonds. The van der Waals surface area contributed by atoms with E-state index in [0.717, 1.165) is 25.7 Å². The molecule has 27 heavy (non-hydrogen) atoms. The smallest absolute Gasteiger partial charge is 0.271 e. The highest BCUT2D eigenvalue weighted by molar-refractivity contribution is 6.32. The number of non-ortho nitro benzene ring substituents is 1. The lowest BCUT2D eigenvalue weighted by Crippen LogP contribution is -2.34. The lowest BCUT2D eigenvalue weighted by Gasteiger charge is -2.15. The molecular formula is C18H21ClN4O4. The van der Waals surface area contributed by atoms with Crippen molar-refractivity contribution in [3.63, 3.8) is 0 Å². The highest BCUT2D eigenvalue weighted by Gasteiger charge is 2.17. The number of nitro benzene ring substituents is 1. The average molecular weight is 393 g/mol. The van der Waals surface area contributed by atoms with Gasteiger partial charge in [0.15, 0.2) is 6.73 Å². The molecule has 1 heterocycles. The summed E-state index contributed by atoms with van der Waals surface area (Å²) < 4.78 is 7.00. The van der Waals surface area contributed by atoms with E-state index in [0.29, 0.717) is 11.4 Å². The summed E-state index contributed by atoms with van der Waals surface area (Å²) in [6, 6.07) is 5.82. The number of nitrogens with zero attached hydrogens (tertiary/aromatic N) is 3. The Labute approximate surface area is 161 Å². The maximum atomic E-state index is 12.4. The predicted molar refractivity (Wildman–Crippen MR) is 99.9 cm³/mol. The van der Waals surface area contributed by atoms with Gasteiger partial charge in [-0.05, 0) is 25.0 Å². The van der Waals surface area contributed by atoms with Gasteiger partial charge in [0.1, 0.15) is 11.4 Å². The molecule has 8 nitrogen and oxygen atoms in total. The van der Waals surface area contributed by atoms with Gasteiger partial charge in [0.2, 0.25) is 0 Å². The molecule has 1 aliphatic rings. The zero-order valence-corrected chi connectivity index (χ0v) is 15.5. The summed E-state index contributed by atoms with van der Waals surface area (Å²) in [5, 5.41) is 18.1. The molecule has 9 heteroatoms. The molecule has 1 aliphatic carbocycles. The van der Waals surface area contributed by atoms with Crippen LogP contribution in [0.25, 0.3) is 0 Å². The molecule has 144 valence electrons. The second kappa shape index (κ2) is 8.85. The molecule has 0 unspecified atom stereocenters. The van der Waals surface area contributed by atoms with Gasteiger partial charge in [-0.2, -0.15) is 5.10 Å². The molecule has 0 radical (unpaired) electrons. The van der Waals surface area contributed by atoms with Gasteiger partial charge in [-0.1, -0.05) is 37.3 Å². The Morgan fingerprint density at radius 1 is 1.30 bits per heavy atom. The standard InChI is InChI=1S/C18H21ClN4O4/c19-15-11-14(23(25)26)7-8-17(15)27-12-22-10-9-16(21-22)18(24)20-13-5-3-1-2-4-6-13/h7-11,13H,1-6,12H2,(H,20,24). The first-order valence-corrected chi connectivity index (χ1v) is 9.32. The van der Waals surface area contributed by atoms with Crippen LogP contribution in [0.4, 0.5) is 5.69 Å². The Balaban J connectivity index is 1.56. The number of benzene rings is 1. The Kier molecular flexibility index (Phi) is 6.28. The van der Waals surface area contributed by atoms with Crippen molar-refractivity contribution in [3.8, 4) is 5.75 Å². The lowest BCUT2D eigenvalue weighted by molar-refractivity contribution is -0.384. The summed E-state index contributed by atoms with van der Waals surface area (Å²) in [5.41, 5.74) is 0.224. The number of nitro groups is 1. The molecule has 1 aromatic carbocycles. The zero-order chi connectivity index (χ0) is 19.2. The maximum Gasteiger partial charge on any atom is 0.271 e. The van der Waals surface area contributed by atoms with Crippen molar-refractivity contribution in [1.29, 1.82) is 0 Å². The van der Waals surface area contributed by atoms with Crippen molar-refractivity contribution in [1.82, 2.24) is 15.1 Å². The number of hydrogen-bond acceptors (Lipinski definition) is 5. The Morgan fingerprint density at radius 3 is 2.70 bits per heavy atom. The molecule has 1 N–H and O–H groups in total. The molecule has 1 saturated carbocycles. The van der Waals surface area contributed by atoms with E-state index in [4.69, 9.17) is 16.3 Å². The minimum atomic E-state index is -0.525. The van der Waals surface area contributed by atoms with E-state index in [1.54, 1.807) is 12.3 Å². The second-order valence-electron chi connectivity index (χ2n) is 6.55. The average Bonchev–Trinajstić information content (AvgIpc) is 2.98.